The van der Waals surface area contributed by atoms with Crippen LogP contribution in [-0.2, 0) is 28.9 Å². The highest BCUT2D eigenvalue weighted by Crippen LogP contribution is 2.43. The van der Waals surface area contributed by atoms with Gasteiger partial charge in [0, 0.05) is 29.6 Å². The Morgan fingerprint density at radius 3 is 2.64 bits per heavy atom. The molecule has 0 spiro atoms. The number of nitrogens with zero attached hydrogens (tertiary/aromatic N) is 2. The molecule has 2 amide bonds. The monoisotopic (exact) mass is 439 g/mol. The van der Waals surface area contributed by atoms with Crippen molar-refractivity contribution in [2.45, 2.75) is 57.0 Å². The first-order valence-corrected chi connectivity index (χ1v) is 12.5. The molecule has 3 aromatic rings. The van der Waals surface area contributed by atoms with Crippen LogP contribution in [0.5, 0.6) is 0 Å². The van der Waals surface area contributed by atoms with Gasteiger partial charge in [-0.1, -0.05) is 36.4 Å². The first kappa shape index (κ1) is 19.4. The summed E-state index contributed by atoms with van der Waals surface area (Å²) in [5.74, 6) is 0.782. The summed E-state index contributed by atoms with van der Waals surface area (Å²) in [5, 5.41) is 1.18. The van der Waals surface area contributed by atoms with E-state index in [1.54, 1.807) is 0 Å². The van der Waals surface area contributed by atoms with E-state index < -0.39 is 6.04 Å². The van der Waals surface area contributed by atoms with Crippen LogP contribution in [0.25, 0.3) is 10.9 Å². The number of para-hydroxylation sites is 1. The van der Waals surface area contributed by atoms with Crippen LogP contribution < -0.4 is 0 Å². The molecule has 2 aromatic carbocycles. The molecule has 4 aliphatic rings. The largest absolute Gasteiger partial charge is 0.356 e. The predicted molar refractivity (Wildman–Crippen MR) is 127 cm³/mol. The second kappa shape index (κ2) is 7.21. The van der Waals surface area contributed by atoms with Gasteiger partial charge in [-0.2, -0.15) is 0 Å². The van der Waals surface area contributed by atoms with Gasteiger partial charge >= 0.3 is 0 Å². The van der Waals surface area contributed by atoms with Crippen molar-refractivity contribution in [1.29, 1.82) is 0 Å². The van der Waals surface area contributed by atoms with Gasteiger partial charge in [0.2, 0.25) is 11.8 Å². The van der Waals surface area contributed by atoms with Gasteiger partial charge in [0.25, 0.3) is 0 Å². The van der Waals surface area contributed by atoms with E-state index in [1.807, 2.05) is 15.9 Å². The zero-order chi connectivity index (χ0) is 22.1. The third-order valence-electron chi connectivity index (χ3n) is 8.21. The highest BCUT2D eigenvalue weighted by Gasteiger charge is 2.48. The number of hydrogen-bond acceptors (Lipinski definition) is 2. The van der Waals surface area contributed by atoms with Crippen molar-refractivity contribution in [2.24, 2.45) is 5.92 Å². The topological polar surface area (TPSA) is 56.4 Å². The van der Waals surface area contributed by atoms with Crippen LogP contribution in [0.2, 0.25) is 0 Å². The summed E-state index contributed by atoms with van der Waals surface area (Å²) < 4.78 is 0. The van der Waals surface area contributed by atoms with Crippen LogP contribution in [0, 0.1) is 5.92 Å². The average molecular weight is 440 g/mol. The number of hydrogen-bond donors (Lipinski definition) is 1. The first-order chi connectivity index (χ1) is 16.2. The van der Waals surface area contributed by atoms with Crippen molar-refractivity contribution in [3.8, 4) is 0 Å². The molecule has 1 N–H and O–H groups in total. The maximum absolute atomic E-state index is 13.7. The number of aryl methyl sites for hydroxylation is 2. The van der Waals surface area contributed by atoms with Gasteiger partial charge in [0.15, 0.2) is 0 Å². The number of amides is 2. The van der Waals surface area contributed by atoms with Gasteiger partial charge in [-0.05, 0) is 72.8 Å². The Labute approximate surface area is 193 Å². The van der Waals surface area contributed by atoms with Crippen molar-refractivity contribution < 1.29 is 9.59 Å². The predicted octanol–water partition coefficient (Wildman–Crippen LogP) is 4.14. The van der Waals surface area contributed by atoms with Gasteiger partial charge in [-0.25, -0.2) is 0 Å². The molecule has 2 atom stereocenters. The number of carbonyl (C=O) groups excluding carboxylic acids is 2. The Bertz CT molecular complexity index is 1290. The number of nitrogens with one attached hydrogen (secondary N) is 1. The van der Waals surface area contributed by atoms with E-state index in [2.05, 4.69) is 41.4 Å². The molecular weight excluding hydrogens is 410 g/mol. The van der Waals surface area contributed by atoms with Crippen LogP contribution in [0.15, 0.2) is 42.5 Å². The molecule has 1 saturated heterocycles. The molecule has 33 heavy (non-hydrogen) atoms. The Morgan fingerprint density at radius 2 is 1.79 bits per heavy atom. The highest BCUT2D eigenvalue weighted by atomic mass is 16.2. The lowest BCUT2D eigenvalue weighted by Gasteiger charge is -2.47. The molecule has 5 heteroatoms. The van der Waals surface area contributed by atoms with E-state index in [4.69, 9.17) is 0 Å². The minimum atomic E-state index is -0.419. The van der Waals surface area contributed by atoms with E-state index in [-0.39, 0.29) is 24.4 Å². The minimum Gasteiger partial charge on any atom is -0.356 e. The second-order valence-electron chi connectivity index (χ2n) is 10.4. The quantitative estimate of drug-likeness (QED) is 0.667. The number of piperazine rings is 1. The van der Waals surface area contributed by atoms with Crippen molar-refractivity contribution in [1.82, 2.24) is 14.8 Å². The van der Waals surface area contributed by atoms with Crippen LogP contribution in [0.3, 0.4) is 0 Å². The first-order valence-electron chi connectivity index (χ1n) is 12.5. The lowest BCUT2D eigenvalue weighted by molar-refractivity contribution is -0.158. The number of aromatic amines is 1. The number of H-pyrrole nitrogens is 1. The molecule has 7 rings (SSSR count). The average Bonchev–Trinajstić information content (AvgIpc) is 3.58. The van der Waals surface area contributed by atoms with E-state index in [0.717, 1.165) is 36.2 Å². The fraction of sp³-hybridized carbons (Fsp3) is 0.429. The third-order valence-corrected chi connectivity index (χ3v) is 8.21. The van der Waals surface area contributed by atoms with Gasteiger partial charge in [0.05, 0.1) is 12.6 Å². The molecule has 2 unspecified atom stereocenters. The second-order valence-corrected chi connectivity index (χ2v) is 10.4. The van der Waals surface area contributed by atoms with Crippen molar-refractivity contribution in [3.05, 3.63) is 70.4 Å². The molecular formula is C28H29N3O2. The van der Waals surface area contributed by atoms with E-state index in [1.165, 1.54) is 47.8 Å². The van der Waals surface area contributed by atoms with Crippen LogP contribution >= 0.6 is 0 Å². The molecule has 1 saturated carbocycles. The summed E-state index contributed by atoms with van der Waals surface area (Å²) in [7, 11) is 0. The summed E-state index contributed by atoms with van der Waals surface area (Å²) in [5.41, 5.74) is 7.34. The van der Waals surface area contributed by atoms with Crippen molar-refractivity contribution in [2.75, 3.05) is 13.1 Å². The molecule has 5 nitrogen and oxygen atoms in total. The fourth-order valence-electron chi connectivity index (χ4n) is 6.36. The number of benzene rings is 2. The standard InChI is InChI=1S/C28H29N3O2/c32-25-16-30(15-17-9-10-17)28(33)24-14-22-21-7-3-4-8-23(21)29-26(22)27(31(24)25)20-12-11-18-5-1-2-6-19(18)13-20/h3-4,7-8,11-13,17,24,27,29H,1-2,5-6,9-10,14-16H2. The lowest BCUT2D eigenvalue weighted by atomic mass is 9.83. The molecule has 2 aliphatic carbocycles. The van der Waals surface area contributed by atoms with E-state index in [0.29, 0.717) is 12.3 Å². The zero-order valence-electron chi connectivity index (χ0n) is 18.8. The summed E-state index contributed by atoms with van der Waals surface area (Å²) in [6.45, 7) is 0.946. The van der Waals surface area contributed by atoms with Crippen molar-refractivity contribution in [3.63, 3.8) is 0 Å². The maximum atomic E-state index is 13.7. The molecule has 2 fully saturated rings. The van der Waals surface area contributed by atoms with E-state index in [9.17, 15) is 9.59 Å². The number of fused-ring (bicyclic) bond motifs is 5. The van der Waals surface area contributed by atoms with Gasteiger partial charge in [-0.15, -0.1) is 0 Å². The zero-order valence-corrected chi connectivity index (χ0v) is 18.8. The van der Waals surface area contributed by atoms with Crippen LogP contribution in [0.4, 0.5) is 0 Å². The lowest BCUT2D eigenvalue weighted by Crippen LogP contribution is -2.63. The van der Waals surface area contributed by atoms with Crippen LogP contribution in [0.1, 0.15) is 59.7 Å². The minimum absolute atomic E-state index is 0.0762. The summed E-state index contributed by atoms with van der Waals surface area (Å²) in [6.07, 6.45) is 7.65. The number of carbonyl (C=O) groups is 2. The van der Waals surface area contributed by atoms with Gasteiger partial charge in [-0.3, -0.25) is 9.59 Å². The summed E-state index contributed by atoms with van der Waals surface area (Å²) in [4.78, 5) is 34.7. The Hall–Kier alpha value is -3.08. The molecule has 3 heterocycles. The molecule has 0 bridgehead atoms. The Morgan fingerprint density at radius 1 is 0.970 bits per heavy atom. The van der Waals surface area contributed by atoms with Gasteiger partial charge < -0.3 is 14.8 Å². The Kier molecular flexibility index (Phi) is 4.24. The van der Waals surface area contributed by atoms with Crippen LogP contribution in [-0.4, -0.2) is 45.7 Å². The van der Waals surface area contributed by atoms with Crippen molar-refractivity contribution >= 4 is 22.7 Å². The summed E-state index contributed by atoms with van der Waals surface area (Å²) >= 11 is 0. The molecule has 2 aliphatic heterocycles. The fourth-order valence-corrected chi connectivity index (χ4v) is 6.36. The maximum Gasteiger partial charge on any atom is 0.246 e. The smallest absolute Gasteiger partial charge is 0.246 e. The normalized spacial score (nSPS) is 24.6. The number of aromatic nitrogens is 1. The number of rotatable bonds is 3. The molecule has 168 valence electrons. The summed E-state index contributed by atoms with van der Waals surface area (Å²) in [6, 6.07) is 14.4. The SMILES string of the molecule is O=C1C2Cc3c([nH]c4ccccc34)C(c3ccc4c(c3)CCCC4)N2C(=O)CN1CC1CC1. The van der Waals surface area contributed by atoms with Gasteiger partial charge in [0.1, 0.15) is 6.04 Å². The highest BCUT2D eigenvalue weighted by molar-refractivity contribution is 5.97. The Balaban J connectivity index is 1.38. The van der Waals surface area contributed by atoms with E-state index >= 15 is 0 Å². The molecule has 1 aromatic heterocycles. The third kappa shape index (κ3) is 3.05. The molecule has 0 radical (unpaired) electrons.